The molecule has 2 aliphatic rings. The van der Waals surface area contributed by atoms with Gasteiger partial charge in [-0.2, -0.15) is 10.5 Å². The molecule has 1 amide bonds. The number of hydrogen-bond donors (Lipinski definition) is 1. The zero-order chi connectivity index (χ0) is 21.3. The Hall–Kier alpha value is -3.46. The Morgan fingerprint density at radius 3 is 2.87 bits per heavy atom. The van der Waals surface area contributed by atoms with Crippen molar-refractivity contribution in [2.24, 2.45) is 11.3 Å². The summed E-state index contributed by atoms with van der Waals surface area (Å²) in [5.41, 5.74) is -0.226. The Balaban J connectivity index is 1.70. The predicted molar refractivity (Wildman–Crippen MR) is 108 cm³/mol. The van der Waals surface area contributed by atoms with E-state index in [0.29, 0.717) is 37.4 Å². The number of Topliss-reactive ketones (excluding diaryl/α,β-unsaturated/α-hetero) is 1. The van der Waals surface area contributed by atoms with Crippen molar-refractivity contribution in [1.29, 1.82) is 10.5 Å². The number of fused-ring (bicyclic) bond motifs is 1. The quantitative estimate of drug-likeness (QED) is 0.775. The van der Waals surface area contributed by atoms with Crippen LogP contribution >= 0.6 is 0 Å². The first-order valence-electron chi connectivity index (χ1n) is 10.1. The second kappa shape index (κ2) is 7.75. The summed E-state index contributed by atoms with van der Waals surface area (Å²) in [4.78, 5) is 40.8. The molecule has 9 heteroatoms. The third kappa shape index (κ3) is 3.48. The first-order valence-corrected chi connectivity index (χ1v) is 10.1. The van der Waals surface area contributed by atoms with Gasteiger partial charge in [-0.3, -0.25) is 9.59 Å². The minimum atomic E-state index is -0.892. The Bertz CT molecular complexity index is 1060. The lowest BCUT2D eigenvalue weighted by Crippen LogP contribution is -2.55. The molecule has 2 fully saturated rings. The molecule has 1 aliphatic carbocycles. The Kier molecular flexibility index (Phi) is 5.13. The number of rotatable bonds is 6. The van der Waals surface area contributed by atoms with Gasteiger partial charge in [-0.1, -0.05) is 6.92 Å². The van der Waals surface area contributed by atoms with E-state index in [0.717, 1.165) is 11.8 Å². The fraction of sp³-hybridized carbons (Fsp3) is 0.524. The van der Waals surface area contributed by atoms with E-state index in [4.69, 9.17) is 5.26 Å². The van der Waals surface area contributed by atoms with Crippen LogP contribution in [0, 0.1) is 34.0 Å². The third-order valence-electron chi connectivity index (χ3n) is 6.32. The van der Waals surface area contributed by atoms with Crippen molar-refractivity contribution in [3.8, 4) is 12.1 Å². The van der Waals surface area contributed by atoms with Crippen LogP contribution in [-0.4, -0.2) is 57.2 Å². The summed E-state index contributed by atoms with van der Waals surface area (Å²) < 4.78 is 0. The predicted octanol–water partition coefficient (Wildman–Crippen LogP) is 1.79. The molecule has 1 aliphatic heterocycles. The monoisotopic (exact) mass is 405 g/mol. The number of H-pyrrole nitrogens is 1. The first-order chi connectivity index (χ1) is 14.5. The Morgan fingerprint density at radius 1 is 1.37 bits per heavy atom. The van der Waals surface area contributed by atoms with E-state index >= 15 is 0 Å². The van der Waals surface area contributed by atoms with Crippen LogP contribution in [0.4, 0.5) is 5.82 Å². The molecule has 30 heavy (non-hydrogen) atoms. The number of nitrogens with one attached hydrogen (secondary N) is 1. The molecular formula is C21H23N7O2. The fourth-order valence-electron chi connectivity index (χ4n) is 4.18. The molecule has 2 aromatic rings. The second-order valence-electron chi connectivity index (χ2n) is 8.19. The molecule has 154 valence electrons. The maximum absolute atomic E-state index is 13.0. The lowest BCUT2D eigenvalue weighted by atomic mass is 9.90. The lowest BCUT2D eigenvalue weighted by Gasteiger charge is -2.43. The van der Waals surface area contributed by atoms with Crippen molar-refractivity contribution in [2.75, 3.05) is 24.5 Å². The number of nitriles is 2. The van der Waals surface area contributed by atoms with Crippen LogP contribution < -0.4 is 4.90 Å². The SMILES string of the molecule is C[C@@H]1CCN(C(=O)CC#N)CC1N(CC(=O)C1(C#N)CC1)c1ncnc2[nH]ccc12. The van der Waals surface area contributed by atoms with Gasteiger partial charge in [0.2, 0.25) is 5.91 Å². The van der Waals surface area contributed by atoms with E-state index in [2.05, 4.69) is 27.9 Å². The fourth-order valence-corrected chi connectivity index (χ4v) is 4.18. The van der Waals surface area contributed by atoms with Crippen LogP contribution in [0.15, 0.2) is 18.6 Å². The minimum Gasteiger partial charge on any atom is -0.346 e. The Labute approximate surface area is 174 Å². The van der Waals surface area contributed by atoms with Gasteiger partial charge >= 0.3 is 0 Å². The topological polar surface area (TPSA) is 130 Å². The standard InChI is InChI=1S/C21H23N7O2/c1-14-4-9-27(18(30)2-7-22)10-16(14)28(11-17(29)21(12-23)5-6-21)20-15-3-8-24-19(15)25-13-26-20/h3,8,13-14,16H,2,4-6,9-11H2,1H3,(H,24,25,26)/t14-,16?/m1/s1. The van der Waals surface area contributed by atoms with Gasteiger partial charge < -0.3 is 14.8 Å². The average molecular weight is 405 g/mol. The summed E-state index contributed by atoms with van der Waals surface area (Å²) in [5.74, 6) is 0.505. The van der Waals surface area contributed by atoms with Crippen LogP contribution in [0.5, 0.6) is 0 Å². The second-order valence-corrected chi connectivity index (χ2v) is 8.19. The third-order valence-corrected chi connectivity index (χ3v) is 6.32. The molecule has 9 nitrogen and oxygen atoms in total. The van der Waals surface area contributed by atoms with E-state index in [1.165, 1.54) is 6.33 Å². The van der Waals surface area contributed by atoms with Crippen LogP contribution in [-0.2, 0) is 9.59 Å². The van der Waals surface area contributed by atoms with Gasteiger partial charge in [0.05, 0.1) is 30.1 Å². The van der Waals surface area contributed by atoms with Crippen LogP contribution in [0.25, 0.3) is 11.0 Å². The van der Waals surface area contributed by atoms with Crippen LogP contribution in [0.2, 0.25) is 0 Å². The summed E-state index contributed by atoms with van der Waals surface area (Å²) in [7, 11) is 0. The molecule has 0 bridgehead atoms. The molecule has 0 radical (unpaired) electrons. The number of hydrogen-bond acceptors (Lipinski definition) is 7. The number of likely N-dealkylation sites (tertiary alicyclic amines) is 1. The van der Waals surface area contributed by atoms with E-state index in [-0.39, 0.29) is 36.6 Å². The summed E-state index contributed by atoms with van der Waals surface area (Å²) >= 11 is 0. The van der Waals surface area contributed by atoms with Gasteiger partial charge in [-0.05, 0) is 31.2 Å². The highest BCUT2D eigenvalue weighted by Crippen LogP contribution is 2.46. The number of aromatic nitrogens is 3. The van der Waals surface area contributed by atoms with Crippen LogP contribution in [0.1, 0.15) is 32.6 Å². The lowest BCUT2D eigenvalue weighted by molar-refractivity contribution is -0.131. The average Bonchev–Trinajstić information content (AvgIpc) is 3.41. The highest BCUT2D eigenvalue weighted by molar-refractivity contribution is 5.96. The molecule has 2 atom stereocenters. The number of anilines is 1. The van der Waals surface area contributed by atoms with Gasteiger partial charge in [0.15, 0.2) is 5.78 Å². The van der Waals surface area contributed by atoms with Gasteiger partial charge in [0, 0.05) is 19.3 Å². The molecule has 4 rings (SSSR count). The van der Waals surface area contributed by atoms with E-state index in [1.54, 1.807) is 11.1 Å². The summed E-state index contributed by atoms with van der Waals surface area (Å²) in [6, 6.07) is 5.81. The summed E-state index contributed by atoms with van der Waals surface area (Å²) in [6.07, 6.45) is 5.01. The first kappa shape index (κ1) is 19.8. The zero-order valence-corrected chi connectivity index (χ0v) is 16.8. The number of carbonyl (C=O) groups excluding carboxylic acids is 2. The van der Waals surface area contributed by atoms with Crippen molar-refractivity contribution in [1.82, 2.24) is 19.9 Å². The normalized spacial score (nSPS) is 22.2. The van der Waals surface area contributed by atoms with Crippen molar-refractivity contribution < 1.29 is 9.59 Å². The van der Waals surface area contributed by atoms with Crippen molar-refractivity contribution >= 4 is 28.5 Å². The van der Waals surface area contributed by atoms with E-state index in [9.17, 15) is 14.9 Å². The number of aromatic amines is 1. The molecule has 2 aromatic heterocycles. The van der Waals surface area contributed by atoms with Gasteiger partial charge in [-0.25, -0.2) is 9.97 Å². The molecule has 0 aromatic carbocycles. The number of amides is 1. The number of ketones is 1. The molecule has 3 heterocycles. The number of nitrogens with zero attached hydrogens (tertiary/aromatic N) is 6. The highest BCUT2D eigenvalue weighted by atomic mass is 16.2. The maximum Gasteiger partial charge on any atom is 0.236 e. The van der Waals surface area contributed by atoms with Gasteiger partial charge in [0.25, 0.3) is 0 Å². The molecule has 1 saturated heterocycles. The number of carbonyl (C=O) groups is 2. The molecule has 1 N–H and O–H groups in total. The van der Waals surface area contributed by atoms with Crippen molar-refractivity contribution in [3.05, 3.63) is 18.6 Å². The molecule has 1 saturated carbocycles. The van der Waals surface area contributed by atoms with E-state index < -0.39 is 5.41 Å². The van der Waals surface area contributed by atoms with E-state index in [1.807, 2.05) is 17.0 Å². The van der Waals surface area contributed by atoms with Crippen molar-refractivity contribution in [2.45, 2.75) is 38.6 Å². The molecule has 1 unspecified atom stereocenters. The highest BCUT2D eigenvalue weighted by Gasteiger charge is 2.51. The minimum absolute atomic E-state index is 0.0557. The van der Waals surface area contributed by atoms with Crippen LogP contribution in [0.3, 0.4) is 0 Å². The summed E-state index contributed by atoms with van der Waals surface area (Å²) in [6.45, 7) is 3.15. The zero-order valence-electron chi connectivity index (χ0n) is 16.8. The summed E-state index contributed by atoms with van der Waals surface area (Å²) in [5, 5.41) is 19.2. The van der Waals surface area contributed by atoms with Gasteiger partial charge in [0.1, 0.15) is 29.6 Å². The maximum atomic E-state index is 13.0. The van der Waals surface area contributed by atoms with Gasteiger partial charge in [-0.15, -0.1) is 0 Å². The largest absolute Gasteiger partial charge is 0.346 e. The number of piperidine rings is 1. The molecule has 0 spiro atoms. The molecular weight excluding hydrogens is 382 g/mol. The van der Waals surface area contributed by atoms with Crippen molar-refractivity contribution in [3.63, 3.8) is 0 Å². The Morgan fingerprint density at radius 2 is 2.17 bits per heavy atom. The smallest absolute Gasteiger partial charge is 0.236 e.